The summed E-state index contributed by atoms with van der Waals surface area (Å²) >= 11 is 0. The molecule has 2 rings (SSSR count). The number of aryl methyl sites for hydroxylation is 1. The molecule has 0 atom stereocenters. The van der Waals surface area contributed by atoms with Gasteiger partial charge in [-0.05, 0) is 31.7 Å². The van der Waals surface area contributed by atoms with Crippen molar-refractivity contribution in [2.75, 3.05) is 51.6 Å². The Morgan fingerprint density at radius 1 is 1.14 bits per heavy atom. The molecule has 1 aliphatic rings. The van der Waals surface area contributed by atoms with Gasteiger partial charge in [-0.15, -0.1) is 0 Å². The fourth-order valence-electron chi connectivity index (χ4n) is 2.47. The van der Waals surface area contributed by atoms with Gasteiger partial charge in [0.15, 0.2) is 0 Å². The van der Waals surface area contributed by atoms with Crippen LogP contribution in [0.5, 0.6) is 0 Å². The first-order valence-electron chi connectivity index (χ1n) is 7.19. The van der Waals surface area contributed by atoms with Crippen LogP contribution < -0.4 is 5.32 Å². The molecule has 0 radical (unpaired) electrons. The molecular formula is C15H22F3N3. The van der Waals surface area contributed by atoms with Crippen molar-refractivity contribution in [3.05, 3.63) is 29.3 Å². The molecule has 0 amide bonds. The first-order valence-corrected chi connectivity index (χ1v) is 7.19. The minimum atomic E-state index is -4.29. The summed E-state index contributed by atoms with van der Waals surface area (Å²) in [5.41, 5.74) is 0.223. The molecule has 0 bridgehead atoms. The second-order valence-corrected chi connectivity index (χ2v) is 5.60. The molecule has 1 saturated heterocycles. The number of nitrogens with one attached hydrogen (secondary N) is 1. The minimum absolute atomic E-state index is 0.257. The van der Waals surface area contributed by atoms with Crippen molar-refractivity contribution < 1.29 is 13.2 Å². The van der Waals surface area contributed by atoms with E-state index >= 15 is 0 Å². The highest BCUT2D eigenvalue weighted by Crippen LogP contribution is 2.33. The second-order valence-electron chi connectivity index (χ2n) is 5.60. The number of benzene rings is 1. The molecule has 1 aliphatic heterocycles. The van der Waals surface area contributed by atoms with Gasteiger partial charge in [0.1, 0.15) is 0 Å². The van der Waals surface area contributed by atoms with Crippen LogP contribution >= 0.6 is 0 Å². The van der Waals surface area contributed by atoms with Gasteiger partial charge in [-0.3, -0.25) is 4.90 Å². The van der Waals surface area contributed by atoms with Gasteiger partial charge in [0.25, 0.3) is 0 Å². The van der Waals surface area contributed by atoms with Crippen LogP contribution in [0.25, 0.3) is 0 Å². The quantitative estimate of drug-likeness (QED) is 0.922. The summed E-state index contributed by atoms with van der Waals surface area (Å²) in [4.78, 5) is 4.60. The normalized spacial score (nSPS) is 18.0. The summed E-state index contributed by atoms with van der Waals surface area (Å²) < 4.78 is 38.5. The zero-order valence-corrected chi connectivity index (χ0v) is 12.5. The van der Waals surface area contributed by atoms with E-state index in [1.54, 1.807) is 6.07 Å². The van der Waals surface area contributed by atoms with Gasteiger partial charge in [-0.1, -0.05) is 6.07 Å². The van der Waals surface area contributed by atoms with Gasteiger partial charge in [0.05, 0.1) is 5.56 Å². The van der Waals surface area contributed by atoms with E-state index in [-0.39, 0.29) is 5.56 Å². The Kier molecular flexibility index (Phi) is 5.11. The lowest BCUT2D eigenvalue weighted by Crippen LogP contribution is -2.45. The van der Waals surface area contributed by atoms with Gasteiger partial charge >= 0.3 is 6.18 Å². The van der Waals surface area contributed by atoms with E-state index in [0.29, 0.717) is 12.2 Å². The molecule has 0 aromatic heterocycles. The number of likely N-dealkylation sites (N-methyl/N-ethyl adjacent to an activating group) is 1. The molecule has 1 N–H and O–H groups in total. The Morgan fingerprint density at radius 2 is 1.81 bits per heavy atom. The Hall–Kier alpha value is -1.27. The molecule has 1 aromatic carbocycles. The Bertz CT molecular complexity index is 466. The number of rotatable bonds is 4. The maximum absolute atomic E-state index is 12.8. The summed E-state index contributed by atoms with van der Waals surface area (Å²) in [6.07, 6.45) is -4.29. The fourth-order valence-corrected chi connectivity index (χ4v) is 2.47. The third-order valence-corrected chi connectivity index (χ3v) is 3.90. The van der Waals surface area contributed by atoms with Gasteiger partial charge in [0, 0.05) is 45.0 Å². The number of piperazine rings is 1. The number of halogens is 3. The summed E-state index contributed by atoms with van der Waals surface area (Å²) in [5, 5.41) is 3.09. The van der Waals surface area contributed by atoms with Crippen molar-refractivity contribution in [3.63, 3.8) is 0 Å². The number of alkyl halides is 3. The van der Waals surface area contributed by atoms with Gasteiger partial charge in [-0.2, -0.15) is 13.2 Å². The molecule has 3 nitrogen and oxygen atoms in total. The average molecular weight is 301 g/mol. The lowest BCUT2D eigenvalue weighted by Gasteiger charge is -2.32. The largest absolute Gasteiger partial charge is 0.416 e. The highest BCUT2D eigenvalue weighted by molar-refractivity contribution is 5.49. The van der Waals surface area contributed by atoms with Crippen LogP contribution in [0, 0.1) is 6.92 Å². The van der Waals surface area contributed by atoms with E-state index < -0.39 is 11.7 Å². The summed E-state index contributed by atoms with van der Waals surface area (Å²) in [6.45, 7) is 7.11. The van der Waals surface area contributed by atoms with Crippen LogP contribution in [-0.2, 0) is 6.18 Å². The zero-order chi connectivity index (χ0) is 15.5. The summed E-state index contributed by atoms with van der Waals surface area (Å²) in [7, 11) is 2.10. The van der Waals surface area contributed by atoms with E-state index in [4.69, 9.17) is 0 Å². The van der Waals surface area contributed by atoms with Crippen LogP contribution in [-0.4, -0.2) is 56.1 Å². The highest BCUT2D eigenvalue weighted by atomic mass is 19.4. The predicted octanol–water partition coefficient (Wildman–Crippen LogP) is 2.67. The monoisotopic (exact) mass is 301 g/mol. The lowest BCUT2D eigenvalue weighted by molar-refractivity contribution is -0.138. The first kappa shape index (κ1) is 16.1. The van der Waals surface area contributed by atoms with Crippen LogP contribution in [0.1, 0.15) is 11.1 Å². The third kappa shape index (κ3) is 4.61. The SMILES string of the molecule is Cc1ccc(NCCN2CCN(C)CC2)cc1C(F)(F)F. The summed E-state index contributed by atoms with van der Waals surface area (Å²) in [6, 6.07) is 4.41. The Morgan fingerprint density at radius 3 is 2.43 bits per heavy atom. The number of hydrogen-bond donors (Lipinski definition) is 1. The molecule has 21 heavy (non-hydrogen) atoms. The maximum Gasteiger partial charge on any atom is 0.416 e. The van der Waals surface area contributed by atoms with Gasteiger partial charge < -0.3 is 10.2 Å². The molecule has 1 fully saturated rings. The molecule has 0 aliphatic carbocycles. The van der Waals surface area contributed by atoms with Crippen molar-refractivity contribution in [2.24, 2.45) is 0 Å². The number of anilines is 1. The Balaban J connectivity index is 1.86. The van der Waals surface area contributed by atoms with Crippen molar-refractivity contribution in [3.8, 4) is 0 Å². The van der Waals surface area contributed by atoms with Crippen LogP contribution in [0.4, 0.5) is 18.9 Å². The maximum atomic E-state index is 12.8. The smallest absolute Gasteiger partial charge is 0.384 e. The molecule has 0 saturated carbocycles. The van der Waals surface area contributed by atoms with Gasteiger partial charge in [0.2, 0.25) is 0 Å². The highest BCUT2D eigenvalue weighted by Gasteiger charge is 2.32. The van der Waals surface area contributed by atoms with E-state index in [0.717, 1.165) is 32.7 Å². The van der Waals surface area contributed by atoms with Crippen LogP contribution in [0.15, 0.2) is 18.2 Å². The molecule has 0 spiro atoms. The molecular weight excluding hydrogens is 279 g/mol. The second kappa shape index (κ2) is 6.66. The van der Waals surface area contributed by atoms with E-state index in [1.165, 1.54) is 19.1 Å². The number of hydrogen-bond acceptors (Lipinski definition) is 3. The fraction of sp³-hybridized carbons (Fsp3) is 0.600. The van der Waals surface area contributed by atoms with Crippen LogP contribution in [0.3, 0.4) is 0 Å². The minimum Gasteiger partial charge on any atom is -0.384 e. The number of nitrogens with zero attached hydrogens (tertiary/aromatic N) is 2. The first-order chi connectivity index (χ1) is 9.86. The van der Waals surface area contributed by atoms with Crippen molar-refractivity contribution in [1.29, 1.82) is 0 Å². The van der Waals surface area contributed by atoms with Gasteiger partial charge in [-0.25, -0.2) is 0 Å². The molecule has 0 unspecified atom stereocenters. The van der Waals surface area contributed by atoms with Crippen LogP contribution in [0.2, 0.25) is 0 Å². The van der Waals surface area contributed by atoms with E-state index in [2.05, 4.69) is 22.2 Å². The molecule has 1 heterocycles. The lowest BCUT2D eigenvalue weighted by atomic mass is 10.1. The molecule has 118 valence electrons. The van der Waals surface area contributed by atoms with E-state index in [1.807, 2.05) is 0 Å². The van der Waals surface area contributed by atoms with Crippen molar-refractivity contribution in [1.82, 2.24) is 9.80 Å². The molecule has 1 aromatic rings. The average Bonchev–Trinajstić information content (AvgIpc) is 2.41. The zero-order valence-electron chi connectivity index (χ0n) is 12.5. The van der Waals surface area contributed by atoms with Crippen molar-refractivity contribution in [2.45, 2.75) is 13.1 Å². The standard InChI is InChI=1S/C15H22F3N3/c1-12-3-4-13(11-14(12)15(16,17)18)19-5-6-21-9-7-20(2)8-10-21/h3-4,11,19H,5-10H2,1-2H3. The Labute approximate surface area is 123 Å². The predicted molar refractivity (Wildman–Crippen MR) is 78.6 cm³/mol. The summed E-state index contributed by atoms with van der Waals surface area (Å²) in [5.74, 6) is 0. The third-order valence-electron chi connectivity index (χ3n) is 3.90. The van der Waals surface area contributed by atoms with Crippen molar-refractivity contribution >= 4 is 5.69 Å². The topological polar surface area (TPSA) is 18.5 Å². The molecule has 6 heteroatoms. The van der Waals surface area contributed by atoms with E-state index in [9.17, 15) is 13.2 Å².